The molecule has 0 radical (unpaired) electrons. The number of nitrogens with zero attached hydrogens (tertiary/aromatic N) is 4. The Morgan fingerprint density at radius 2 is 1.68 bits per heavy atom. The van der Waals surface area contributed by atoms with Crippen LogP contribution in [0.2, 0.25) is 0 Å². The van der Waals surface area contributed by atoms with Gasteiger partial charge in [0.05, 0.1) is 28.6 Å². The summed E-state index contributed by atoms with van der Waals surface area (Å²) in [6, 6.07) is 23.0. The first-order chi connectivity index (χ1) is 15.0. The number of thiophene rings is 1. The fourth-order valence-corrected chi connectivity index (χ4v) is 5.41. The number of hydrazone groups is 1. The van der Waals surface area contributed by atoms with Crippen molar-refractivity contribution in [2.75, 3.05) is 6.26 Å². The molecule has 8 heteroatoms. The highest BCUT2D eigenvalue weighted by molar-refractivity contribution is 7.88. The standard InChI is InChI=1S/C23H20N4O2S2/c1-31(28,29)27-21(15-20(24-27)17-9-4-2-5-10-17)19-16-26(18-11-6-3-7-12-18)25-23(19)22-13-8-14-30-22/h2-14,16,21H,15H2,1H3/t21-/m0/s1. The molecule has 2 aromatic carbocycles. The fraction of sp³-hybridized carbons (Fsp3) is 0.130. The largest absolute Gasteiger partial charge is 0.247 e. The summed E-state index contributed by atoms with van der Waals surface area (Å²) in [4.78, 5) is 0.992. The molecule has 1 aliphatic rings. The van der Waals surface area contributed by atoms with E-state index in [0.717, 1.165) is 33.1 Å². The third-order valence-corrected chi connectivity index (χ3v) is 7.09. The van der Waals surface area contributed by atoms with E-state index in [1.54, 1.807) is 11.3 Å². The minimum absolute atomic E-state index is 0.459. The Bertz CT molecular complexity index is 1330. The summed E-state index contributed by atoms with van der Waals surface area (Å²) in [6.07, 6.45) is 3.61. The minimum Gasteiger partial charge on any atom is -0.240 e. The Hall–Kier alpha value is -3.23. The number of sulfonamides is 1. The SMILES string of the molecule is CS(=O)(=O)N1N=C(c2ccccc2)C[C@H]1c1cn(-c2ccccc2)nc1-c1cccs1. The summed E-state index contributed by atoms with van der Waals surface area (Å²) in [5.74, 6) is 0. The van der Waals surface area contributed by atoms with Gasteiger partial charge >= 0.3 is 0 Å². The zero-order chi connectivity index (χ0) is 21.4. The quantitative estimate of drug-likeness (QED) is 0.444. The first kappa shape index (κ1) is 19.7. The normalized spacial score (nSPS) is 16.5. The molecule has 156 valence electrons. The van der Waals surface area contributed by atoms with E-state index in [1.165, 1.54) is 10.7 Å². The van der Waals surface area contributed by atoms with Crippen molar-refractivity contribution in [2.45, 2.75) is 12.5 Å². The lowest BCUT2D eigenvalue weighted by Crippen LogP contribution is -2.26. The topological polar surface area (TPSA) is 67.6 Å². The molecule has 0 saturated carbocycles. The molecule has 1 aliphatic heterocycles. The van der Waals surface area contributed by atoms with E-state index in [9.17, 15) is 8.42 Å². The van der Waals surface area contributed by atoms with Gasteiger partial charge in [0.25, 0.3) is 0 Å². The fourth-order valence-electron chi connectivity index (χ4n) is 3.78. The highest BCUT2D eigenvalue weighted by Gasteiger charge is 2.37. The second-order valence-electron chi connectivity index (χ2n) is 7.36. The van der Waals surface area contributed by atoms with Crippen molar-refractivity contribution in [2.24, 2.45) is 5.10 Å². The van der Waals surface area contributed by atoms with E-state index in [-0.39, 0.29) is 0 Å². The Kier molecular flexibility index (Phi) is 4.95. The average Bonchev–Trinajstić information content (AvgIpc) is 3.53. The highest BCUT2D eigenvalue weighted by Crippen LogP contribution is 2.40. The van der Waals surface area contributed by atoms with Gasteiger partial charge in [0.1, 0.15) is 5.69 Å². The summed E-state index contributed by atoms with van der Waals surface area (Å²) in [7, 11) is -3.57. The van der Waals surface area contributed by atoms with Crippen LogP contribution in [0.3, 0.4) is 0 Å². The summed E-state index contributed by atoms with van der Waals surface area (Å²) in [6.45, 7) is 0. The molecule has 0 unspecified atom stereocenters. The molecule has 0 fully saturated rings. The predicted octanol–water partition coefficient (Wildman–Crippen LogP) is 4.71. The van der Waals surface area contributed by atoms with Gasteiger partial charge in [-0.15, -0.1) is 11.3 Å². The smallest absolute Gasteiger partial charge is 0.240 e. The van der Waals surface area contributed by atoms with Gasteiger partial charge in [0.15, 0.2) is 0 Å². The molecule has 0 spiro atoms. The monoisotopic (exact) mass is 448 g/mol. The van der Waals surface area contributed by atoms with E-state index >= 15 is 0 Å². The van der Waals surface area contributed by atoms with Crippen molar-refractivity contribution in [3.05, 3.63) is 95.5 Å². The molecule has 6 nitrogen and oxygen atoms in total. The van der Waals surface area contributed by atoms with Crippen molar-refractivity contribution in [3.8, 4) is 16.3 Å². The molecule has 0 bridgehead atoms. The van der Waals surface area contributed by atoms with Crippen LogP contribution >= 0.6 is 11.3 Å². The molecule has 5 rings (SSSR count). The Balaban J connectivity index is 1.64. The summed E-state index contributed by atoms with van der Waals surface area (Å²) >= 11 is 1.58. The van der Waals surface area contributed by atoms with Gasteiger partial charge in [-0.25, -0.2) is 13.1 Å². The van der Waals surface area contributed by atoms with Gasteiger partial charge in [-0.3, -0.25) is 0 Å². The van der Waals surface area contributed by atoms with Gasteiger partial charge in [0.2, 0.25) is 10.0 Å². The second-order valence-corrected chi connectivity index (χ2v) is 10.1. The van der Waals surface area contributed by atoms with Crippen LogP contribution in [0.4, 0.5) is 0 Å². The van der Waals surface area contributed by atoms with Crippen LogP contribution in [-0.2, 0) is 10.0 Å². The number of aromatic nitrogens is 2. The lowest BCUT2D eigenvalue weighted by Gasteiger charge is -2.20. The Morgan fingerprint density at radius 1 is 0.968 bits per heavy atom. The van der Waals surface area contributed by atoms with Crippen LogP contribution in [0, 0.1) is 0 Å². The molecule has 2 aromatic heterocycles. The van der Waals surface area contributed by atoms with E-state index in [2.05, 4.69) is 5.10 Å². The zero-order valence-electron chi connectivity index (χ0n) is 16.8. The van der Waals surface area contributed by atoms with Crippen LogP contribution < -0.4 is 0 Å². The van der Waals surface area contributed by atoms with Gasteiger partial charge < -0.3 is 0 Å². The molecule has 4 aromatic rings. The van der Waals surface area contributed by atoms with Crippen LogP contribution in [0.15, 0.2) is 89.5 Å². The van der Waals surface area contributed by atoms with E-state index in [1.807, 2.05) is 89.1 Å². The van der Waals surface area contributed by atoms with Gasteiger partial charge in [-0.05, 0) is 29.1 Å². The lowest BCUT2D eigenvalue weighted by atomic mass is 9.99. The number of hydrogen-bond acceptors (Lipinski definition) is 5. The van der Waals surface area contributed by atoms with Gasteiger partial charge in [-0.1, -0.05) is 54.6 Å². The maximum absolute atomic E-state index is 12.7. The Morgan fingerprint density at radius 3 is 2.32 bits per heavy atom. The van der Waals surface area contributed by atoms with Crippen molar-refractivity contribution in [1.82, 2.24) is 14.2 Å². The molecule has 0 N–H and O–H groups in total. The summed E-state index contributed by atoms with van der Waals surface area (Å²) in [5.41, 5.74) is 4.21. The lowest BCUT2D eigenvalue weighted by molar-refractivity contribution is 0.375. The first-order valence-electron chi connectivity index (χ1n) is 9.82. The molecule has 0 saturated heterocycles. The number of para-hydroxylation sites is 1. The van der Waals surface area contributed by atoms with Gasteiger partial charge in [-0.2, -0.15) is 14.6 Å². The van der Waals surface area contributed by atoms with Crippen LogP contribution in [-0.4, -0.2) is 34.6 Å². The minimum atomic E-state index is -3.57. The molecule has 0 aliphatic carbocycles. The molecule has 31 heavy (non-hydrogen) atoms. The van der Waals surface area contributed by atoms with Crippen molar-refractivity contribution >= 4 is 27.1 Å². The van der Waals surface area contributed by atoms with Gasteiger partial charge in [0, 0.05) is 18.2 Å². The van der Waals surface area contributed by atoms with Crippen molar-refractivity contribution in [1.29, 1.82) is 0 Å². The highest BCUT2D eigenvalue weighted by atomic mass is 32.2. The predicted molar refractivity (Wildman–Crippen MR) is 124 cm³/mol. The van der Waals surface area contributed by atoms with Crippen LogP contribution in [0.25, 0.3) is 16.3 Å². The summed E-state index contributed by atoms with van der Waals surface area (Å²) in [5, 5.41) is 11.4. The van der Waals surface area contributed by atoms with Crippen molar-refractivity contribution < 1.29 is 8.42 Å². The second kappa shape index (κ2) is 7.79. The third kappa shape index (κ3) is 3.80. The number of benzene rings is 2. The zero-order valence-corrected chi connectivity index (χ0v) is 18.4. The van der Waals surface area contributed by atoms with Crippen molar-refractivity contribution in [3.63, 3.8) is 0 Å². The Labute approximate surface area is 185 Å². The maximum Gasteiger partial charge on any atom is 0.247 e. The van der Waals surface area contributed by atoms with Crippen LogP contribution in [0.5, 0.6) is 0 Å². The number of hydrogen-bond donors (Lipinski definition) is 0. The number of rotatable bonds is 5. The molecular formula is C23H20N4O2S2. The third-order valence-electron chi connectivity index (χ3n) is 5.20. The first-order valence-corrected chi connectivity index (χ1v) is 12.5. The van der Waals surface area contributed by atoms with E-state index < -0.39 is 16.1 Å². The average molecular weight is 449 g/mol. The molecular weight excluding hydrogens is 428 g/mol. The van der Waals surface area contributed by atoms with E-state index in [4.69, 9.17) is 5.10 Å². The molecule has 3 heterocycles. The molecule has 0 amide bonds. The van der Waals surface area contributed by atoms with Crippen LogP contribution in [0.1, 0.15) is 23.6 Å². The maximum atomic E-state index is 12.7. The molecule has 1 atom stereocenters. The summed E-state index contributed by atoms with van der Waals surface area (Å²) < 4.78 is 28.4. The van der Waals surface area contributed by atoms with E-state index in [0.29, 0.717) is 6.42 Å².